The van der Waals surface area contributed by atoms with Crippen LogP contribution in [0.3, 0.4) is 0 Å². The van der Waals surface area contributed by atoms with Gasteiger partial charge < -0.3 is 14.7 Å². The molecule has 1 aromatic heterocycles. The van der Waals surface area contributed by atoms with Gasteiger partial charge in [0.15, 0.2) is 0 Å². The Labute approximate surface area is 215 Å². The van der Waals surface area contributed by atoms with Crippen molar-refractivity contribution < 1.29 is 27.4 Å². The maximum atomic E-state index is 13.7. The van der Waals surface area contributed by atoms with Crippen molar-refractivity contribution in [3.63, 3.8) is 0 Å². The first-order chi connectivity index (χ1) is 17.6. The van der Waals surface area contributed by atoms with Crippen LogP contribution in [-0.4, -0.2) is 77.5 Å². The van der Waals surface area contributed by atoms with E-state index in [1.807, 2.05) is 6.92 Å². The van der Waals surface area contributed by atoms with Crippen molar-refractivity contribution in [2.24, 2.45) is 5.92 Å². The molecule has 3 aromatic rings. The van der Waals surface area contributed by atoms with Gasteiger partial charge in [-0.1, -0.05) is 19.1 Å². The zero-order valence-electron chi connectivity index (χ0n) is 20.8. The van der Waals surface area contributed by atoms with E-state index < -0.39 is 28.0 Å². The van der Waals surface area contributed by atoms with E-state index in [-0.39, 0.29) is 47.7 Å². The predicted molar refractivity (Wildman–Crippen MR) is 135 cm³/mol. The minimum absolute atomic E-state index is 0.0376. The maximum Gasteiger partial charge on any atom is 0.253 e. The lowest BCUT2D eigenvalue weighted by molar-refractivity contribution is 0.0563. The van der Waals surface area contributed by atoms with Crippen LogP contribution in [0.2, 0.25) is 0 Å². The van der Waals surface area contributed by atoms with Crippen molar-refractivity contribution in [3.8, 4) is 16.9 Å². The minimum Gasteiger partial charge on any atom is -0.487 e. The highest BCUT2D eigenvalue weighted by Crippen LogP contribution is 2.36. The first-order valence-electron chi connectivity index (χ1n) is 11.8. The van der Waals surface area contributed by atoms with Crippen LogP contribution in [0.1, 0.15) is 24.2 Å². The van der Waals surface area contributed by atoms with Crippen molar-refractivity contribution in [1.82, 2.24) is 19.2 Å². The van der Waals surface area contributed by atoms with Gasteiger partial charge in [-0.05, 0) is 42.8 Å². The third-order valence-corrected chi connectivity index (χ3v) is 8.45. The van der Waals surface area contributed by atoms with Crippen LogP contribution >= 0.6 is 0 Å². The zero-order chi connectivity index (χ0) is 26.7. The molecule has 2 aromatic carbocycles. The number of amides is 1. The molecule has 1 aliphatic heterocycles. The molecule has 0 saturated heterocycles. The second-order valence-electron chi connectivity index (χ2n) is 9.22. The number of rotatable bonds is 6. The molecular formula is C26H29FN4O5S. The van der Waals surface area contributed by atoms with Crippen LogP contribution in [0, 0.1) is 11.7 Å². The Hall–Kier alpha value is -3.41. The highest BCUT2D eigenvalue weighted by atomic mass is 32.2. The Bertz CT molecular complexity index is 1370. The van der Waals surface area contributed by atoms with Crippen LogP contribution in [0.15, 0.2) is 66.1 Å². The number of hydrogen-bond donors (Lipinski definition) is 1. The molecule has 0 aliphatic carbocycles. The highest BCUT2D eigenvalue weighted by Gasteiger charge is 2.38. The van der Waals surface area contributed by atoms with Crippen LogP contribution in [0.25, 0.3) is 11.1 Å². The normalized spacial score (nSPS) is 20.1. The molecule has 11 heteroatoms. The molecule has 3 atom stereocenters. The fourth-order valence-corrected chi connectivity index (χ4v) is 6.09. The first kappa shape index (κ1) is 26.6. The summed E-state index contributed by atoms with van der Waals surface area (Å²) in [5, 5.41) is 9.81. The minimum atomic E-state index is -4.01. The van der Waals surface area contributed by atoms with Gasteiger partial charge >= 0.3 is 0 Å². The van der Waals surface area contributed by atoms with Crippen LogP contribution in [0.4, 0.5) is 4.39 Å². The number of aromatic nitrogens is 2. The smallest absolute Gasteiger partial charge is 0.253 e. The van der Waals surface area contributed by atoms with E-state index in [1.54, 1.807) is 38.5 Å². The summed E-state index contributed by atoms with van der Waals surface area (Å²) in [7, 11) is -2.42. The quantitative estimate of drug-likeness (QED) is 0.524. The number of carbonyl (C=O) groups excluding carboxylic acids is 1. The molecule has 1 N–H and O–H groups in total. The maximum absolute atomic E-state index is 13.7. The van der Waals surface area contributed by atoms with Gasteiger partial charge in [0.25, 0.3) is 5.91 Å². The topological polar surface area (TPSA) is 113 Å². The van der Waals surface area contributed by atoms with E-state index in [1.165, 1.54) is 45.9 Å². The van der Waals surface area contributed by atoms with Gasteiger partial charge in [-0.15, -0.1) is 0 Å². The summed E-state index contributed by atoms with van der Waals surface area (Å²) in [5.74, 6) is -1.14. The van der Waals surface area contributed by atoms with Crippen molar-refractivity contribution in [2.75, 3.05) is 26.7 Å². The molecule has 0 spiro atoms. The Morgan fingerprint density at radius 2 is 1.95 bits per heavy atom. The number of nitrogens with zero attached hydrogens (tertiary/aromatic N) is 4. The summed E-state index contributed by atoms with van der Waals surface area (Å²) >= 11 is 0. The van der Waals surface area contributed by atoms with E-state index in [2.05, 4.69) is 9.97 Å². The molecule has 0 fully saturated rings. The number of hydrogen-bond acceptors (Lipinski definition) is 7. The van der Waals surface area contributed by atoms with E-state index in [0.717, 1.165) is 0 Å². The lowest BCUT2D eigenvalue weighted by Crippen LogP contribution is -2.50. The van der Waals surface area contributed by atoms with Gasteiger partial charge in [0.2, 0.25) is 10.0 Å². The number of aliphatic hydroxyl groups excluding tert-OH is 1. The van der Waals surface area contributed by atoms with Crippen LogP contribution < -0.4 is 4.74 Å². The van der Waals surface area contributed by atoms with E-state index in [0.29, 0.717) is 11.1 Å². The van der Waals surface area contributed by atoms with Gasteiger partial charge in [-0.3, -0.25) is 4.79 Å². The van der Waals surface area contributed by atoms with Gasteiger partial charge in [0.1, 0.15) is 28.9 Å². The lowest BCUT2D eigenvalue weighted by atomic mass is 10.0. The molecule has 196 valence electrons. The van der Waals surface area contributed by atoms with Crippen molar-refractivity contribution in [2.45, 2.75) is 30.9 Å². The van der Waals surface area contributed by atoms with Gasteiger partial charge in [-0.25, -0.2) is 22.8 Å². The number of aliphatic hydroxyl groups is 1. The number of carbonyl (C=O) groups is 1. The van der Waals surface area contributed by atoms with Crippen molar-refractivity contribution in [3.05, 3.63) is 72.6 Å². The molecule has 4 rings (SSSR count). The first-order valence-corrected chi connectivity index (χ1v) is 13.3. The molecular weight excluding hydrogens is 499 g/mol. The van der Waals surface area contributed by atoms with E-state index in [4.69, 9.17) is 4.74 Å². The highest BCUT2D eigenvalue weighted by molar-refractivity contribution is 7.89. The van der Waals surface area contributed by atoms with E-state index in [9.17, 15) is 22.7 Å². The molecule has 9 nitrogen and oxygen atoms in total. The fraction of sp³-hybridized carbons (Fsp3) is 0.346. The average Bonchev–Trinajstić information content (AvgIpc) is 2.90. The SMILES string of the molecule is C[C@H]1CN([C@@H](C)CO)S(=O)(=O)c2ccc(-c3cncnc3)cc2O[C@H]1CN(C)C(=O)c1cccc(F)c1. The fourth-order valence-electron chi connectivity index (χ4n) is 4.27. The van der Waals surface area contributed by atoms with E-state index >= 15 is 0 Å². The third kappa shape index (κ3) is 5.63. The number of halogens is 1. The Morgan fingerprint density at radius 1 is 1.22 bits per heavy atom. The van der Waals surface area contributed by atoms with Crippen molar-refractivity contribution >= 4 is 15.9 Å². The number of sulfonamides is 1. The molecule has 1 aliphatic rings. The predicted octanol–water partition coefficient (Wildman–Crippen LogP) is 2.82. The molecule has 1 amide bonds. The number of fused-ring (bicyclic) bond motifs is 1. The van der Waals surface area contributed by atoms with Crippen LogP contribution in [0.5, 0.6) is 5.75 Å². The number of ether oxygens (including phenoxy) is 1. The monoisotopic (exact) mass is 528 g/mol. The summed E-state index contributed by atoms with van der Waals surface area (Å²) in [6.07, 6.45) is 4.01. The largest absolute Gasteiger partial charge is 0.487 e. The summed E-state index contributed by atoms with van der Waals surface area (Å²) in [6.45, 7) is 3.30. The second kappa shape index (κ2) is 10.9. The molecule has 0 unspecified atom stereocenters. The third-order valence-electron chi connectivity index (χ3n) is 6.43. The summed E-state index contributed by atoms with van der Waals surface area (Å²) < 4.78 is 48.5. The zero-order valence-corrected chi connectivity index (χ0v) is 21.6. The summed E-state index contributed by atoms with van der Waals surface area (Å²) in [5.41, 5.74) is 1.54. The van der Waals surface area contributed by atoms with Gasteiger partial charge in [0.05, 0.1) is 13.2 Å². The Kier molecular flexibility index (Phi) is 7.86. The second-order valence-corrected chi connectivity index (χ2v) is 11.1. The molecule has 0 bridgehead atoms. The summed E-state index contributed by atoms with van der Waals surface area (Å²) in [4.78, 5) is 22.4. The van der Waals surface area contributed by atoms with Gasteiger partial charge in [0, 0.05) is 49.1 Å². The standard InChI is InChI=1S/C26H29FN4O5S/c1-17-13-31(18(2)15-32)37(34,35)25-8-7-19(21-11-28-16-29-12-21)10-23(25)36-24(17)14-30(3)26(33)20-5-4-6-22(27)9-20/h4-12,16-18,24,32H,13-15H2,1-3H3/t17-,18-,24-/m0/s1. The van der Waals surface area contributed by atoms with Gasteiger partial charge in [-0.2, -0.15) is 4.31 Å². The molecule has 2 heterocycles. The number of benzene rings is 2. The number of likely N-dealkylation sites (N-methyl/N-ethyl adjacent to an activating group) is 1. The molecule has 0 radical (unpaired) electrons. The van der Waals surface area contributed by atoms with Crippen molar-refractivity contribution in [1.29, 1.82) is 0 Å². The molecule has 0 saturated carbocycles. The average molecular weight is 529 g/mol. The van der Waals surface area contributed by atoms with Crippen LogP contribution in [-0.2, 0) is 10.0 Å². The Balaban J connectivity index is 1.74. The Morgan fingerprint density at radius 3 is 2.62 bits per heavy atom. The summed E-state index contributed by atoms with van der Waals surface area (Å²) in [6, 6.07) is 9.50. The molecule has 37 heavy (non-hydrogen) atoms. The lowest BCUT2D eigenvalue weighted by Gasteiger charge is -2.37.